The molecule has 1 aromatic carbocycles. The van der Waals surface area contributed by atoms with Gasteiger partial charge in [-0.2, -0.15) is 0 Å². The smallest absolute Gasteiger partial charge is 0.165 e. The summed E-state index contributed by atoms with van der Waals surface area (Å²) in [5, 5.41) is 12.1. The number of rotatable bonds is 3. The maximum absolute atomic E-state index is 13.5. The largest absolute Gasteiger partial charge is 0.486 e. The summed E-state index contributed by atoms with van der Waals surface area (Å²) in [6.07, 6.45) is 0.651. The molecule has 0 amide bonds. The van der Waals surface area contributed by atoms with Crippen LogP contribution >= 0.6 is 0 Å². The third-order valence-electron chi connectivity index (χ3n) is 2.78. The summed E-state index contributed by atoms with van der Waals surface area (Å²) in [4.78, 5) is 0. The number of aryl methyl sites for hydroxylation is 1. The van der Waals surface area contributed by atoms with E-state index in [1.54, 1.807) is 6.07 Å². The molecule has 2 rings (SSSR count). The Morgan fingerprint density at radius 1 is 1.56 bits per heavy atom. The Bertz CT molecular complexity index is 370. The van der Waals surface area contributed by atoms with Crippen LogP contribution in [0.2, 0.25) is 0 Å². The van der Waals surface area contributed by atoms with Crippen molar-refractivity contribution in [3.8, 4) is 5.75 Å². The SMILES string of the molecule is Cc1ccc(O[C@H]2CN[C@H](CO)C2)c(F)c1. The topological polar surface area (TPSA) is 41.5 Å². The number of aliphatic hydroxyl groups excluding tert-OH is 1. The number of nitrogens with one attached hydrogen (secondary N) is 1. The predicted molar refractivity (Wildman–Crippen MR) is 59.0 cm³/mol. The molecule has 1 aromatic rings. The average molecular weight is 225 g/mol. The minimum Gasteiger partial charge on any atom is -0.486 e. The molecule has 2 atom stereocenters. The van der Waals surface area contributed by atoms with Crippen LogP contribution in [0.1, 0.15) is 12.0 Å². The van der Waals surface area contributed by atoms with Gasteiger partial charge in [-0.25, -0.2) is 4.39 Å². The Hall–Kier alpha value is -1.13. The van der Waals surface area contributed by atoms with Crippen molar-refractivity contribution in [2.45, 2.75) is 25.5 Å². The Morgan fingerprint density at radius 3 is 3.00 bits per heavy atom. The molecule has 0 radical (unpaired) electrons. The highest BCUT2D eigenvalue weighted by molar-refractivity contribution is 5.28. The van der Waals surface area contributed by atoms with Gasteiger partial charge in [-0.05, 0) is 24.6 Å². The summed E-state index contributed by atoms with van der Waals surface area (Å²) < 4.78 is 19.0. The van der Waals surface area contributed by atoms with E-state index < -0.39 is 0 Å². The third kappa shape index (κ3) is 2.51. The lowest BCUT2D eigenvalue weighted by molar-refractivity contribution is 0.199. The van der Waals surface area contributed by atoms with Crippen molar-refractivity contribution in [2.75, 3.05) is 13.2 Å². The van der Waals surface area contributed by atoms with E-state index >= 15 is 0 Å². The number of ether oxygens (including phenoxy) is 1. The number of aliphatic hydroxyl groups is 1. The molecule has 0 spiro atoms. The van der Waals surface area contributed by atoms with E-state index in [2.05, 4.69) is 5.32 Å². The van der Waals surface area contributed by atoms with Gasteiger partial charge in [-0.1, -0.05) is 6.07 Å². The molecule has 0 aliphatic carbocycles. The van der Waals surface area contributed by atoms with Gasteiger partial charge in [-0.15, -0.1) is 0 Å². The van der Waals surface area contributed by atoms with Crippen molar-refractivity contribution in [2.24, 2.45) is 0 Å². The second-order valence-corrected chi connectivity index (χ2v) is 4.20. The lowest BCUT2D eigenvalue weighted by Gasteiger charge is -2.13. The Kier molecular flexibility index (Phi) is 3.41. The van der Waals surface area contributed by atoms with E-state index in [1.807, 2.05) is 13.0 Å². The predicted octanol–water partition coefficient (Wildman–Crippen LogP) is 1.24. The van der Waals surface area contributed by atoms with E-state index in [4.69, 9.17) is 9.84 Å². The quantitative estimate of drug-likeness (QED) is 0.813. The maximum Gasteiger partial charge on any atom is 0.165 e. The van der Waals surface area contributed by atoms with Crippen molar-refractivity contribution >= 4 is 0 Å². The van der Waals surface area contributed by atoms with E-state index in [0.717, 1.165) is 5.56 Å². The van der Waals surface area contributed by atoms with Gasteiger partial charge in [0.1, 0.15) is 6.10 Å². The van der Waals surface area contributed by atoms with Crippen LogP contribution < -0.4 is 10.1 Å². The Labute approximate surface area is 94.2 Å². The van der Waals surface area contributed by atoms with Crippen LogP contribution in [0.3, 0.4) is 0 Å². The second-order valence-electron chi connectivity index (χ2n) is 4.20. The second kappa shape index (κ2) is 4.80. The molecule has 1 saturated heterocycles. The van der Waals surface area contributed by atoms with E-state index in [1.165, 1.54) is 6.07 Å². The fourth-order valence-electron chi connectivity index (χ4n) is 1.89. The van der Waals surface area contributed by atoms with Gasteiger partial charge >= 0.3 is 0 Å². The first-order valence-corrected chi connectivity index (χ1v) is 5.46. The molecule has 1 aliphatic rings. The van der Waals surface area contributed by atoms with Gasteiger partial charge in [0, 0.05) is 19.0 Å². The van der Waals surface area contributed by atoms with Crippen molar-refractivity contribution in [1.29, 1.82) is 0 Å². The van der Waals surface area contributed by atoms with Gasteiger partial charge < -0.3 is 15.2 Å². The van der Waals surface area contributed by atoms with Crippen LogP contribution in [0.25, 0.3) is 0 Å². The lowest BCUT2D eigenvalue weighted by Crippen LogP contribution is -2.25. The van der Waals surface area contributed by atoms with Gasteiger partial charge in [0.25, 0.3) is 0 Å². The highest BCUT2D eigenvalue weighted by Gasteiger charge is 2.25. The molecule has 1 heterocycles. The van der Waals surface area contributed by atoms with Gasteiger partial charge in [0.2, 0.25) is 0 Å². The minimum absolute atomic E-state index is 0.0608. The normalized spacial score (nSPS) is 24.7. The molecule has 0 unspecified atom stereocenters. The summed E-state index contributed by atoms with van der Waals surface area (Å²) in [6.45, 7) is 2.58. The molecule has 0 saturated carbocycles. The summed E-state index contributed by atoms with van der Waals surface area (Å²) in [7, 11) is 0. The van der Waals surface area contributed by atoms with Crippen LogP contribution in [0, 0.1) is 12.7 Å². The number of halogens is 1. The molecule has 3 nitrogen and oxygen atoms in total. The molecule has 4 heteroatoms. The van der Waals surface area contributed by atoms with Crippen molar-refractivity contribution in [3.05, 3.63) is 29.6 Å². The molecule has 1 fully saturated rings. The molecular formula is C12H16FNO2. The van der Waals surface area contributed by atoms with Crippen LogP contribution in [-0.2, 0) is 0 Å². The zero-order chi connectivity index (χ0) is 11.5. The van der Waals surface area contributed by atoms with Gasteiger partial charge in [0.15, 0.2) is 11.6 Å². The zero-order valence-corrected chi connectivity index (χ0v) is 9.24. The van der Waals surface area contributed by atoms with Crippen LogP contribution in [0.5, 0.6) is 5.75 Å². The summed E-state index contributed by atoms with van der Waals surface area (Å²) in [6, 6.07) is 5.00. The number of hydrogen-bond donors (Lipinski definition) is 2. The number of hydrogen-bond acceptors (Lipinski definition) is 3. The summed E-state index contributed by atoms with van der Waals surface area (Å²) in [5.74, 6) is -0.0385. The first-order chi connectivity index (χ1) is 7.69. The molecule has 88 valence electrons. The highest BCUT2D eigenvalue weighted by Crippen LogP contribution is 2.21. The van der Waals surface area contributed by atoms with E-state index in [9.17, 15) is 4.39 Å². The van der Waals surface area contributed by atoms with Crippen LogP contribution in [-0.4, -0.2) is 30.4 Å². The molecule has 0 bridgehead atoms. The summed E-state index contributed by atoms with van der Waals surface area (Å²) in [5.41, 5.74) is 0.877. The Morgan fingerprint density at radius 2 is 2.38 bits per heavy atom. The fourth-order valence-corrected chi connectivity index (χ4v) is 1.89. The lowest BCUT2D eigenvalue weighted by atomic mass is 10.2. The monoisotopic (exact) mass is 225 g/mol. The molecule has 0 aromatic heterocycles. The Balaban J connectivity index is 1.99. The van der Waals surface area contributed by atoms with E-state index in [-0.39, 0.29) is 30.3 Å². The van der Waals surface area contributed by atoms with Crippen molar-refractivity contribution in [1.82, 2.24) is 5.32 Å². The average Bonchev–Trinajstić information content (AvgIpc) is 2.70. The minimum atomic E-state index is -0.326. The molecule has 2 N–H and O–H groups in total. The fraction of sp³-hybridized carbons (Fsp3) is 0.500. The van der Waals surface area contributed by atoms with E-state index in [0.29, 0.717) is 13.0 Å². The van der Waals surface area contributed by atoms with Crippen molar-refractivity contribution in [3.63, 3.8) is 0 Å². The van der Waals surface area contributed by atoms with Gasteiger partial charge in [-0.3, -0.25) is 0 Å². The van der Waals surface area contributed by atoms with Gasteiger partial charge in [0.05, 0.1) is 6.61 Å². The first-order valence-electron chi connectivity index (χ1n) is 5.46. The summed E-state index contributed by atoms with van der Waals surface area (Å²) >= 11 is 0. The third-order valence-corrected chi connectivity index (χ3v) is 2.78. The van der Waals surface area contributed by atoms with Crippen LogP contribution in [0.4, 0.5) is 4.39 Å². The van der Waals surface area contributed by atoms with Crippen molar-refractivity contribution < 1.29 is 14.2 Å². The maximum atomic E-state index is 13.5. The molecule has 1 aliphatic heterocycles. The molecule has 16 heavy (non-hydrogen) atoms. The first kappa shape index (κ1) is 11.4. The van der Waals surface area contributed by atoms with Crippen LogP contribution in [0.15, 0.2) is 18.2 Å². The zero-order valence-electron chi connectivity index (χ0n) is 9.24. The number of benzene rings is 1. The highest BCUT2D eigenvalue weighted by atomic mass is 19.1. The standard InChI is InChI=1S/C12H16FNO2/c1-8-2-3-12(11(13)4-8)16-10-5-9(7-15)14-6-10/h2-4,9-10,14-15H,5-7H2,1H3/t9-,10+/m0/s1. The molecular weight excluding hydrogens is 209 g/mol.